The van der Waals surface area contributed by atoms with E-state index in [-0.39, 0.29) is 23.9 Å². The molecule has 2 amide bonds. The highest BCUT2D eigenvalue weighted by Crippen LogP contribution is 2.42. The van der Waals surface area contributed by atoms with E-state index in [2.05, 4.69) is 9.88 Å². The topological polar surface area (TPSA) is 66.0 Å². The summed E-state index contributed by atoms with van der Waals surface area (Å²) >= 11 is 6.09. The van der Waals surface area contributed by atoms with Gasteiger partial charge in [-0.3, -0.25) is 9.59 Å². The Labute approximate surface area is 216 Å². The molecule has 0 saturated carbocycles. The van der Waals surface area contributed by atoms with Crippen LogP contribution >= 0.6 is 11.6 Å². The van der Waals surface area contributed by atoms with Crippen molar-refractivity contribution in [1.29, 1.82) is 0 Å². The van der Waals surface area contributed by atoms with Gasteiger partial charge in [-0.2, -0.15) is 0 Å². The number of hydrogen-bond donors (Lipinski definition) is 0. The first-order chi connectivity index (χ1) is 17.4. The first-order valence-electron chi connectivity index (χ1n) is 12.2. The van der Waals surface area contributed by atoms with Crippen LogP contribution in [-0.2, 0) is 9.53 Å². The zero-order valence-electron chi connectivity index (χ0n) is 20.4. The Kier molecular flexibility index (Phi) is 6.94. The Hall–Kier alpha value is -3.42. The summed E-state index contributed by atoms with van der Waals surface area (Å²) in [6.07, 6.45) is 2.26. The van der Waals surface area contributed by atoms with Gasteiger partial charge in [-0.25, -0.2) is 4.98 Å². The van der Waals surface area contributed by atoms with E-state index in [0.29, 0.717) is 30.2 Å². The van der Waals surface area contributed by atoms with Gasteiger partial charge in [-0.1, -0.05) is 29.8 Å². The molecule has 0 bridgehead atoms. The van der Waals surface area contributed by atoms with Gasteiger partial charge in [0, 0.05) is 48.6 Å². The van der Waals surface area contributed by atoms with Gasteiger partial charge in [0.15, 0.2) is 0 Å². The molecule has 0 radical (unpaired) electrons. The summed E-state index contributed by atoms with van der Waals surface area (Å²) < 4.78 is 5.42. The van der Waals surface area contributed by atoms with E-state index in [1.54, 1.807) is 30.2 Å². The number of benzene rings is 2. The summed E-state index contributed by atoms with van der Waals surface area (Å²) in [6.45, 7) is 6.53. The molecule has 2 unspecified atom stereocenters. The number of anilines is 3. The molecule has 2 aromatic carbocycles. The molecule has 7 nitrogen and oxygen atoms in total. The Balaban J connectivity index is 1.46. The van der Waals surface area contributed by atoms with E-state index in [1.807, 2.05) is 60.4 Å². The van der Waals surface area contributed by atoms with E-state index in [4.69, 9.17) is 16.3 Å². The number of morpholine rings is 1. The van der Waals surface area contributed by atoms with Crippen LogP contribution in [0.5, 0.6) is 0 Å². The fourth-order valence-electron chi connectivity index (χ4n) is 5.15. The molecule has 1 saturated heterocycles. The molecule has 0 N–H and O–H groups in total. The van der Waals surface area contributed by atoms with Crippen LogP contribution in [0.2, 0.25) is 5.02 Å². The number of amides is 2. The van der Waals surface area contributed by atoms with Crippen molar-refractivity contribution in [3.63, 3.8) is 0 Å². The van der Waals surface area contributed by atoms with Crippen molar-refractivity contribution < 1.29 is 14.3 Å². The molecule has 186 valence electrons. The van der Waals surface area contributed by atoms with Gasteiger partial charge in [0.1, 0.15) is 5.82 Å². The quantitative estimate of drug-likeness (QED) is 0.494. The number of carbonyl (C=O) groups excluding carboxylic acids is 2. The summed E-state index contributed by atoms with van der Waals surface area (Å²) in [4.78, 5) is 36.9. The molecule has 2 atom stereocenters. The third-order valence-electron chi connectivity index (χ3n) is 6.86. The van der Waals surface area contributed by atoms with Gasteiger partial charge in [-0.15, -0.1) is 0 Å². The van der Waals surface area contributed by atoms with Crippen molar-refractivity contribution in [2.75, 3.05) is 41.0 Å². The molecule has 0 aliphatic carbocycles. The lowest BCUT2D eigenvalue weighted by molar-refractivity contribution is -0.117. The van der Waals surface area contributed by atoms with E-state index < -0.39 is 0 Å². The largest absolute Gasteiger partial charge is 0.378 e. The summed E-state index contributed by atoms with van der Waals surface area (Å²) in [6, 6.07) is 18.5. The van der Waals surface area contributed by atoms with E-state index >= 15 is 0 Å². The molecule has 3 aromatic rings. The lowest BCUT2D eigenvalue weighted by Crippen LogP contribution is -2.47. The molecule has 0 spiro atoms. The van der Waals surface area contributed by atoms with Crippen LogP contribution in [0.4, 0.5) is 17.2 Å². The molecular weight excluding hydrogens is 476 g/mol. The smallest absolute Gasteiger partial charge is 0.260 e. The predicted octanol–water partition coefficient (Wildman–Crippen LogP) is 5.10. The second kappa shape index (κ2) is 10.3. The number of carbonyl (C=O) groups is 2. The van der Waals surface area contributed by atoms with E-state index in [9.17, 15) is 9.59 Å². The Bertz CT molecular complexity index is 1240. The predicted molar refractivity (Wildman–Crippen MR) is 142 cm³/mol. The highest BCUT2D eigenvalue weighted by atomic mass is 35.5. The van der Waals surface area contributed by atoms with Crippen LogP contribution < -0.4 is 14.7 Å². The van der Waals surface area contributed by atoms with Crippen LogP contribution in [0.3, 0.4) is 0 Å². The van der Waals surface area contributed by atoms with Crippen molar-refractivity contribution in [1.82, 2.24) is 4.98 Å². The molecule has 1 fully saturated rings. The van der Waals surface area contributed by atoms with Crippen LogP contribution in [-0.4, -0.2) is 49.1 Å². The number of rotatable bonds is 4. The first-order valence-corrected chi connectivity index (χ1v) is 12.6. The molecular formula is C28H29ClN4O3. The number of hydrogen-bond acceptors (Lipinski definition) is 5. The van der Waals surface area contributed by atoms with Gasteiger partial charge >= 0.3 is 0 Å². The first kappa shape index (κ1) is 24.3. The summed E-state index contributed by atoms with van der Waals surface area (Å²) in [5.41, 5.74) is 3.06. The molecule has 8 heteroatoms. The van der Waals surface area contributed by atoms with Crippen molar-refractivity contribution in [3.05, 3.63) is 83.0 Å². The minimum absolute atomic E-state index is 0.0630. The SMILES string of the molecule is CC(=O)N(c1ccc(Cl)cc1)C1CC(C)N(C(=O)c2ccc(N3CCOCC3)nc2)c2ccccc21. The number of halogens is 1. The molecule has 36 heavy (non-hydrogen) atoms. The Morgan fingerprint density at radius 2 is 1.75 bits per heavy atom. The van der Waals surface area contributed by atoms with Crippen molar-refractivity contribution in [2.24, 2.45) is 0 Å². The normalized spacial score (nSPS) is 19.5. The summed E-state index contributed by atoms with van der Waals surface area (Å²) in [7, 11) is 0. The number of aromatic nitrogens is 1. The number of nitrogens with zero attached hydrogens (tertiary/aromatic N) is 4. The van der Waals surface area contributed by atoms with Gasteiger partial charge in [0.05, 0.1) is 24.8 Å². The standard InChI is InChI=1S/C28H29ClN4O3/c1-19-17-26(33(20(2)34)23-10-8-22(29)9-11-23)24-5-3-4-6-25(24)32(19)28(35)21-7-12-27(30-18-21)31-13-15-36-16-14-31/h3-12,18-19,26H,13-17H2,1-2H3. The van der Waals surface area contributed by atoms with E-state index in [1.165, 1.54) is 0 Å². The zero-order chi connectivity index (χ0) is 25.2. The highest BCUT2D eigenvalue weighted by Gasteiger charge is 2.38. The lowest BCUT2D eigenvalue weighted by Gasteiger charge is -2.43. The molecule has 1 aromatic heterocycles. The Morgan fingerprint density at radius 3 is 2.42 bits per heavy atom. The van der Waals surface area contributed by atoms with Crippen LogP contribution in [0.15, 0.2) is 66.9 Å². The summed E-state index contributed by atoms with van der Waals surface area (Å²) in [5.74, 6) is 0.685. The van der Waals surface area contributed by atoms with E-state index in [0.717, 1.165) is 35.8 Å². The van der Waals surface area contributed by atoms with Gasteiger partial charge in [-0.05, 0) is 61.4 Å². The van der Waals surface area contributed by atoms with Crippen LogP contribution in [0, 0.1) is 0 Å². The van der Waals surface area contributed by atoms with Crippen LogP contribution in [0.1, 0.15) is 42.2 Å². The maximum Gasteiger partial charge on any atom is 0.260 e. The van der Waals surface area contributed by atoms with Gasteiger partial charge < -0.3 is 19.4 Å². The Morgan fingerprint density at radius 1 is 1.03 bits per heavy atom. The average molecular weight is 505 g/mol. The number of fused-ring (bicyclic) bond motifs is 1. The van der Waals surface area contributed by atoms with Crippen LogP contribution in [0.25, 0.3) is 0 Å². The highest BCUT2D eigenvalue weighted by molar-refractivity contribution is 6.30. The minimum Gasteiger partial charge on any atom is -0.378 e. The molecule has 2 aliphatic heterocycles. The minimum atomic E-state index is -0.208. The van der Waals surface area contributed by atoms with Crippen molar-refractivity contribution in [3.8, 4) is 0 Å². The second-order valence-corrected chi connectivity index (χ2v) is 9.64. The second-order valence-electron chi connectivity index (χ2n) is 9.20. The third-order valence-corrected chi connectivity index (χ3v) is 7.12. The fourth-order valence-corrected chi connectivity index (χ4v) is 5.28. The molecule has 3 heterocycles. The number of ether oxygens (including phenoxy) is 1. The molecule has 2 aliphatic rings. The number of para-hydroxylation sites is 1. The monoisotopic (exact) mass is 504 g/mol. The maximum atomic E-state index is 13.7. The lowest BCUT2D eigenvalue weighted by atomic mass is 9.89. The summed E-state index contributed by atoms with van der Waals surface area (Å²) in [5, 5.41) is 0.615. The average Bonchev–Trinajstić information content (AvgIpc) is 2.90. The van der Waals surface area contributed by atoms with Crippen molar-refractivity contribution >= 4 is 40.6 Å². The zero-order valence-corrected chi connectivity index (χ0v) is 21.2. The number of pyridine rings is 1. The third kappa shape index (κ3) is 4.68. The maximum absolute atomic E-state index is 13.7. The fraction of sp³-hybridized carbons (Fsp3) is 0.321. The van der Waals surface area contributed by atoms with Gasteiger partial charge in [0.25, 0.3) is 5.91 Å². The molecule has 5 rings (SSSR count). The van der Waals surface area contributed by atoms with Crippen molar-refractivity contribution in [2.45, 2.75) is 32.4 Å². The van der Waals surface area contributed by atoms with Gasteiger partial charge in [0.2, 0.25) is 5.91 Å².